The number of nitrogens with one attached hydrogen (secondary N) is 1. The molecule has 0 aromatic rings. The predicted octanol–water partition coefficient (Wildman–Crippen LogP) is 0.972. The second kappa shape index (κ2) is 5.49. The van der Waals surface area contributed by atoms with Gasteiger partial charge >= 0.3 is 0 Å². The van der Waals surface area contributed by atoms with Crippen LogP contribution in [0.5, 0.6) is 0 Å². The van der Waals surface area contributed by atoms with Gasteiger partial charge in [-0.15, -0.1) is 0 Å². The SMILES string of the molecule is FCCNCCOCC1CC1. The Morgan fingerprint density at radius 2 is 2.18 bits per heavy atom. The van der Waals surface area contributed by atoms with Crippen molar-refractivity contribution in [1.82, 2.24) is 5.32 Å². The van der Waals surface area contributed by atoms with Gasteiger partial charge in [0.2, 0.25) is 0 Å². The van der Waals surface area contributed by atoms with Crippen molar-refractivity contribution in [3.05, 3.63) is 0 Å². The fourth-order valence-corrected chi connectivity index (χ4v) is 0.871. The van der Waals surface area contributed by atoms with E-state index in [0.29, 0.717) is 6.54 Å². The van der Waals surface area contributed by atoms with Gasteiger partial charge in [0, 0.05) is 19.7 Å². The number of alkyl halides is 1. The van der Waals surface area contributed by atoms with Gasteiger partial charge in [0.25, 0.3) is 0 Å². The molecular formula is C8H16FNO. The van der Waals surface area contributed by atoms with E-state index in [9.17, 15) is 4.39 Å². The molecule has 3 heteroatoms. The van der Waals surface area contributed by atoms with Crippen LogP contribution in [0.3, 0.4) is 0 Å². The number of rotatable bonds is 7. The lowest BCUT2D eigenvalue weighted by atomic mass is 10.5. The Morgan fingerprint density at radius 3 is 2.82 bits per heavy atom. The van der Waals surface area contributed by atoms with Crippen LogP contribution in [-0.2, 0) is 4.74 Å². The van der Waals surface area contributed by atoms with Gasteiger partial charge in [0.15, 0.2) is 0 Å². The van der Waals surface area contributed by atoms with Gasteiger partial charge in [-0.05, 0) is 18.8 Å². The molecule has 0 aliphatic heterocycles. The maximum atomic E-state index is 11.5. The van der Waals surface area contributed by atoms with E-state index >= 15 is 0 Å². The van der Waals surface area contributed by atoms with Crippen molar-refractivity contribution in [1.29, 1.82) is 0 Å². The van der Waals surface area contributed by atoms with Gasteiger partial charge in [0.05, 0.1) is 6.61 Å². The molecular weight excluding hydrogens is 145 g/mol. The predicted molar refractivity (Wildman–Crippen MR) is 42.4 cm³/mol. The molecule has 1 aliphatic rings. The summed E-state index contributed by atoms with van der Waals surface area (Å²) in [5.41, 5.74) is 0. The Hall–Kier alpha value is -0.150. The summed E-state index contributed by atoms with van der Waals surface area (Å²) in [5.74, 6) is 0.830. The number of halogens is 1. The van der Waals surface area contributed by atoms with Crippen molar-refractivity contribution >= 4 is 0 Å². The third-order valence-electron chi connectivity index (χ3n) is 1.74. The highest BCUT2D eigenvalue weighted by atomic mass is 19.1. The van der Waals surface area contributed by atoms with E-state index in [0.717, 1.165) is 25.7 Å². The minimum Gasteiger partial charge on any atom is -0.380 e. The second-order valence-corrected chi connectivity index (χ2v) is 2.96. The topological polar surface area (TPSA) is 21.3 Å². The normalized spacial score (nSPS) is 17.2. The molecule has 0 aromatic carbocycles. The number of hydrogen-bond acceptors (Lipinski definition) is 2. The fraction of sp³-hybridized carbons (Fsp3) is 1.00. The molecule has 2 nitrogen and oxygen atoms in total. The summed E-state index contributed by atoms with van der Waals surface area (Å²) < 4.78 is 16.9. The van der Waals surface area contributed by atoms with Crippen LogP contribution in [0.25, 0.3) is 0 Å². The zero-order valence-corrected chi connectivity index (χ0v) is 6.81. The molecule has 0 amide bonds. The Kier molecular flexibility index (Phi) is 4.47. The van der Waals surface area contributed by atoms with Crippen molar-refractivity contribution in [3.63, 3.8) is 0 Å². The van der Waals surface area contributed by atoms with E-state index in [1.807, 2.05) is 0 Å². The maximum absolute atomic E-state index is 11.5. The lowest BCUT2D eigenvalue weighted by Crippen LogP contribution is -2.22. The number of ether oxygens (including phenoxy) is 1. The molecule has 1 aliphatic carbocycles. The molecule has 0 heterocycles. The van der Waals surface area contributed by atoms with Gasteiger partial charge in [-0.2, -0.15) is 0 Å². The Morgan fingerprint density at radius 1 is 1.36 bits per heavy atom. The van der Waals surface area contributed by atoms with Crippen LogP contribution < -0.4 is 5.32 Å². The lowest BCUT2D eigenvalue weighted by Gasteiger charge is -2.02. The van der Waals surface area contributed by atoms with Crippen LogP contribution in [0, 0.1) is 5.92 Å². The molecule has 11 heavy (non-hydrogen) atoms. The second-order valence-electron chi connectivity index (χ2n) is 2.96. The number of hydrogen-bond donors (Lipinski definition) is 1. The third kappa shape index (κ3) is 5.16. The van der Waals surface area contributed by atoms with Crippen molar-refractivity contribution in [2.75, 3.05) is 33.0 Å². The summed E-state index contributed by atoms with van der Waals surface area (Å²) in [6, 6.07) is 0. The minimum absolute atomic E-state index is 0.289. The van der Waals surface area contributed by atoms with Gasteiger partial charge in [-0.25, -0.2) is 4.39 Å². The van der Waals surface area contributed by atoms with Crippen LogP contribution in [0.1, 0.15) is 12.8 Å². The van der Waals surface area contributed by atoms with Crippen LogP contribution in [0.15, 0.2) is 0 Å². The first-order chi connectivity index (χ1) is 5.43. The van der Waals surface area contributed by atoms with E-state index < -0.39 is 0 Å². The Bertz CT molecular complexity index is 96.1. The molecule has 0 unspecified atom stereocenters. The molecule has 0 radical (unpaired) electrons. The first-order valence-electron chi connectivity index (χ1n) is 4.28. The fourth-order valence-electron chi connectivity index (χ4n) is 0.871. The molecule has 1 fully saturated rings. The van der Waals surface area contributed by atoms with Crippen LogP contribution in [-0.4, -0.2) is 33.0 Å². The highest BCUT2D eigenvalue weighted by molar-refractivity contribution is 4.71. The van der Waals surface area contributed by atoms with Gasteiger partial charge < -0.3 is 10.1 Å². The molecule has 0 aromatic heterocycles. The third-order valence-corrected chi connectivity index (χ3v) is 1.74. The molecule has 66 valence electrons. The Labute approximate surface area is 67.1 Å². The highest BCUT2D eigenvalue weighted by Crippen LogP contribution is 2.28. The summed E-state index contributed by atoms with van der Waals surface area (Å²) in [6.07, 6.45) is 2.66. The van der Waals surface area contributed by atoms with E-state index in [-0.39, 0.29) is 6.67 Å². The average Bonchev–Trinajstić information content (AvgIpc) is 2.80. The molecule has 1 rings (SSSR count). The zero-order chi connectivity index (χ0) is 7.94. The summed E-state index contributed by atoms with van der Waals surface area (Å²) in [6.45, 7) is 2.56. The van der Waals surface area contributed by atoms with Gasteiger partial charge in [-0.1, -0.05) is 0 Å². The minimum atomic E-state index is -0.289. The molecule has 0 atom stereocenters. The van der Waals surface area contributed by atoms with E-state index in [1.54, 1.807) is 0 Å². The van der Waals surface area contributed by atoms with Gasteiger partial charge in [0.1, 0.15) is 6.67 Å². The average molecular weight is 161 g/mol. The quantitative estimate of drug-likeness (QED) is 0.562. The highest BCUT2D eigenvalue weighted by Gasteiger charge is 2.20. The maximum Gasteiger partial charge on any atom is 0.102 e. The smallest absolute Gasteiger partial charge is 0.102 e. The van der Waals surface area contributed by atoms with E-state index in [4.69, 9.17) is 4.74 Å². The Balaban J connectivity index is 1.66. The zero-order valence-electron chi connectivity index (χ0n) is 6.81. The molecule has 1 N–H and O–H groups in total. The van der Waals surface area contributed by atoms with Crippen molar-refractivity contribution in [3.8, 4) is 0 Å². The lowest BCUT2D eigenvalue weighted by molar-refractivity contribution is 0.126. The summed E-state index contributed by atoms with van der Waals surface area (Å²) in [5, 5.41) is 2.93. The largest absolute Gasteiger partial charge is 0.380 e. The first-order valence-corrected chi connectivity index (χ1v) is 4.28. The summed E-state index contributed by atoms with van der Waals surface area (Å²) >= 11 is 0. The van der Waals surface area contributed by atoms with Crippen LogP contribution in [0.4, 0.5) is 4.39 Å². The summed E-state index contributed by atoms with van der Waals surface area (Å²) in [4.78, 5) is 0. The standard InChI is InChI=1S/C8H16FNO/c9-3-4-10-5-6-11-7-8-1-2-8/h8,10H,1-7H2. The molecule has 1 saturated carbocycles. The molecule has 0 bridgehead atoms. The van der Waals surface area contributed by atoms with Crippen molar-refractivity contribution in [2.24, 2.45) is 5.92 Å². The summed E-state index contributed by atoms with van der Waals surface area (Å²) in [7, 11) is 0. The first kappa shape index (κ1) is 8.94. The monoisotopic (exact) mass is 161 g/mol. The van der Waals surface area contributed by atoms with Crippen LogP contribution >= 0.6 is 0 Å². The van der Waals surface area contributed by atoms with Crippen molar-refractivity contribution in [2.45, 2.75) is 12.8 Å². The van der Waals surface area contributed by atoms with E-state index in [2.05, 4.69) is 5.32 Å². The molecule has 0 saturated heterocycles. The van der Waals surface area contributed by atoms with E-state index in [1.165, 1.54) is 12.8 Å². The van der Waals surface area contributed by atoms with Gasteiger partial charge in [-0.3, -0.25) is 0 Å². The van der Waals surface area contributed by atoms with Crippen LogP contribution in [0.2, 0.25) is 0 Å². The molecule has 0 spiro atoms. The van der Waals surface area contributed by atoms with Crippen molar-refractivity contribution < 1.29 is 9.13 Å².